The lowest BCUT2D eigenvalue weighted by Crippen LogP contribution is -2.56. The summed E-state index contributed by atoms with van der Waals surface area (Å²) < 4.78 is 0. The van der Waals surface area contributed by atoms with Crippen LogP contribution in [0.3, 0.4) is 0 Å². The summed E-state index contributed by atoms with van der Waals surface area (Å²) in [5.41, 5.74) is 8.43. The van der Waals surface area contributed by atoms with Gasteiger partial charge in [-0.3, -0.25) is 24.0 Å². The van der Waals surface area contributed by atoms with Crippen LogP contribution in [0.5, 0.6) is 0 Å². The summed E-state index contributed by atoms with van der Waals surface area (Å²) in [5.74, 6) is -4.00. The lowest BCUT2D eigenvalue weighted by Gasteiger charge is -2.23. The monoisotopic (exact) mass is 550 g/mol. The van der Waals surface area contributed by atoms with Crippen LogP contribution in [0.25, 0.3) is 10.9 Å². The van der Waals surface area contributed by atoms with Gasteiger partial charge in [-0.05, 0) is 36.6 Å². The highest BCUT2D eigenvalue weighted by molar-refractivity contribution is 5.98. The fourth-order valence-electron chi connectivity index (χ4n) is 4.14. The molecule has 0 spiro atoms. The average molecular weight is 551 g/mol. The van der Waals surface area contributed by atoms with Crippen LogP contribution in [0.1, 0.15) is 31.7 Å². The minimum absolute atomic E-state index is 0.228. The molecule has 1 aromatic heterocycles. The molecule has 3 rings (SSSR count). The molecule has 0 bridgehead atoms. The Morgan fingerprint density at radius 2 is 1.57 bits per heavy atom. The minimum Gasteiger partial charge on any atom is -0.481 e. The Morgan fingerprint density at radius 1 is 0.900 bits per heavy atom. The number of para-hydroxylation sites is 2. The number of H-pyrrole nitrogens is 1. The molecule has 3 atom stereocenters. The normalized spacial score (nSPS) is 13.1. The van der Waals surface area contributed by atoms with Gasteiger partial charge >= 0.3 is 5.97 Å². The van der Waals surface area contributed by atoms with Crippen molar-refractivity contribution in [2.75, 3.05) is 11.9 Å². The number of benzene rings is 2. The van der Waals surface area contributed by atoms with E-state index in [0.29, 0.717) is 12.1 Å². The number of nitrogens with one attached hydrogen (secondary N) is 5. The number of anilines is 1. The van der Waals surface area contributed by atoms with Crippen LogP contribution < -0.4 is 27.0 Å². The van der Waals surface area contributed by atoms with Crippen LogP contribution in [-0.2, 0) is 30.4 Å². The fourth-order valence-corrected chi connectivity index (χ4v) is 4.14. The van der Waals surface area contributed by atoms with Gasteiger partial charge in [-0.15, -0.1) is 0 Å². The molecule has 0 aliphatic carbocycles. The van der Waals surface area contributed by atoms with Crippen molar-refractivity contribution in [2.45, 2.75) is 50.7 Å². The molecular formula is C28H34N6O6. The second kappa shape index (κ2) is 14.4. The Bertz CT molecular complexity index is 1340. The molecule has 0 aliphatic heterocycles. The smallest absolute Gasteiger partial charge is 0.305 e. The van der Waals surface area contributed by atoms with Crippen molar-refractivity contribution in [3.8, 4) is 0 Å². The summed E-state index contributed by atoms with van der Waals surface area (Å²) >= 11 is 0. The number of carboxylic acid groups (broad SMARTS) is 1. The predicted molar refractivity (Wildman–Crippen MR) is 149 cm³/mol. The molecule has 212 valence electrons. The summed E-state index contributed by atoms with van der Waals surface area (Å²) in [6.45, 7) is 1.38. The molecule has 3 aromatic rings. The van der Waals surface area contributed by atoms with Crippen molar-refractivity contribution in [2.24, 2.45) is 5.73 Å². The lowest BCUT2D eigenvalue weighted by atomic mass is 10.0. The zero-order valence-corrected chi connectivity index (χ0v) is 22.1. The zero-order valence-electron chi connectivity index (χ0n) is 22.1. The van der Waals surface area contributed by atoms with E-state index in [1.165, 1.54) is 0 Å². The highest BCUT2D eigenvalue weighted by atomic mass is 16.4. The number of aromatic amines is 1. The van der Waals surface area contributed by atoms with Gasteiger partial charge in [-0.25, -0.2) is 0 Å². The first kappa shape index (κ1) is 29.8. The van der Waals surface area contributed by atoms with Gasteiger partial charge in [0, 0.05) is 22.8 Å². The molecule has 40 heavy (non-hydrogen) atoms. The van der Waals surface area contributed by atoms with E-state index in [4.69, 9.17) is 5.73 Å². The Balaban J connectivity index is 1.59. The number of rotatable bonds is 14. The number of carbonyl (C=O) groups excluding carboxylic acids is 4. The highest BCUT2D eigenvalue weighted by Crippen LogP contribution is 2.19. The van der Waals surface area contributed by atoms with E-state index < -0.39 is 60.7 Å². The van der Waals surface area contributed by atoms with Crippen molar-refractivity contribution in [1.29, 1.82) is 0 Å². The zero-order chi connectivity index (χ0) is 29.1. The molecule has 8 N–H and O–H groups in total. The molecule has 0 saturated carbocycles. The molecule has 0 radical (unpaired) electrons. The molecule has 0 saturated heterocycles. The Kier molecular flexibility index (Phi) is 10.8. The fraction of sp³-hybridized carbons (Fsp3) is 0.321. The maximum absolute atomic E-state index is 13.0. The number of hydrogen-bond acceptors (Lipinski definition) is 6. The Morgan fingerprint density at radius 3 is 2.27 bits per heavy atom. The quantitative estimate of drug-likeness (QED) is 0.156. The van der Waals surface area contributed by atoms with Crippen LogP contribution in [0.2, 0.25) is 0 Å². The number of carboxylic acids is 1. The van der Waals surface area contributed by atoms with Crippen molar-refractivity contribution >= 4 is 46.2 Å². The number of carbonyl (C=O) groups is 5. The molecule has 0 aliphatic rings. The van der Waals surface area contributed by atoms with E-state index in [1.807, 2.05) is 31.2 Å². The first-order chi connectivity index (χ1) is 19.2. The number of aromatic nitrogens is 1. The maximum Gasteiger partial charge on any atom is 0.305 e. The van der Waals surface area contributed by atoms with Gasteiger partial charge in [-0.1, -0.05) is 49.7 Å². The van der Waals surface area contributed by atoms with Crippen molar-refractivity contribution in [3.05, 3.63) is 66.4 Å². The number of amides is 4. The largest absolute Gasteiger partial charge is 0.481 e. The van der Waals surface area contributed by atoms with E-state index in [9.17, 15) is 29.1 Å². The Hall–Kier alpha value is -4.71. The summed E-state index contributed by atoms with van der Waals surface area (Å²) in [5, 5.41) is 20.2. The summed E-state index contributed by atoms with van der Waals surface area (Å²) in [4.78, 5) is 65.3. The highest BCUT2D eigenvalue weighted by Gasteiger charge is 2.29. The molecule has 12 heteroatoms. The van der Waals surface area contributed by atoms with Crippen molar-refractivity contribution in [1.82, 2.24) is 20.9 Å². The lowest BCUT2D eigenvalue weighted by molar-refractivity contribution is -0.141. The van der Waals surface area contributed by atoms with Gasteiger partial charge < -0.3 is 37.1 Å². The SMILES string of the molecule is CCC[C@H](NC(=O)[C@@H](N)Cc1c[nH]c2ccccc12)C(=O)N[C@@H](CC(=O)O)C(=O)NCC(=O)Nc1ccccc1. The molecule has 2 aromatic carbocycles. The topological polar surface area (TPSA) is 196 Å². The standard InChI is InChI=1S/C28H34N6O6/c1-2-8-22(33-26(38)20(29)13-17-15-30-21-12-7-6-11-19(17)21)28(40)34-23(14-25(36)37)27(39)31-16-24(35)32-18-9-4-3-5-10-18/h3-7,9-12,15,20,22-23,30H,2,8,13-14,16,29H2,1H3,(H,31,39)(H,32,35)(H,33,38)(H,34,40)(H,36,37)/t20-,22-,23-/m0/s1. The summed E-state index contributed by atoms with van der Waals surface area (Å²) in [6, 6.07) is 12.7. The predicted octanol–water partition coefficient (Wildman–Crippen LogP) is 1.04. The molecule has 0 fully saturated rings. The second-order valence-electron chi connectivity index (χ2n) is 9.31. The first-order valence-corrected chi connectivity index (χ1v) is 12.9. The van der Waals surface area contributed by atoms with Crippen LogP contribution in [-0.4, -0.2) is 64.4 Å². The maximum atomic E-state index is 13.0. The molecular weight excluding hydrogens is 516 g/mol. The molecule has 12 nitrogen and oxygen atoms in total. The van der Waals surface area contributed by atoms with Crippen molar-refractivity contribution in [3.63, 3.8) is 0 Å². The average Bonchev–Trinajstić information content (AvgIpc) is 3.34. The van der Waals surface area contributed by atoms with Crippen LogP contribution in [0.15, 0.2) is 60.8 Å². The van der Waals surface area contributed by atoms with E-state index in [1.54, 1.807) is 36.5 Å². The number of aliphatic carboxylic acids is 1. The van der Waals surface area contributed by atoms with Crippen molar-refractivity contribution < 1.29 is 29.1 Å². The number of nitrogens with two attached hydrogens (primary N) is 1. The van der Waals surface area contributed by atoms with E-state index in [0.717, 1.165) is 16.5 Å². The van der Waals surface area contributed by atoms with E-state index in [-0.39, 0.29) is 12.8 Å². The number of fused-ring (bicyclic) bond motifs is 1. The molecule has 1 heterocycles. The Labute approximate surface area is 231 Å². The van der Waals surface area contributed by atoms with Gasteiger partial charge in [-0.2, -0.15) is 0 Å². The molecule has 0 unspecified atom stereocenters. The van der Waals surface area contributed by atoms with Gasteiger partial charge in [0.25, 0.3) is 0 Å². The van der Waals surface area contributed by atoms with Gasteiger partial charge in [0.15, 0.2) is 0 Å². The van der Waals surface area contributed by atoms with Gasteiger partial charge in [0.2, 0.25) is 23.6 Å². The van der Waals surface area contributed by atoms with Gasteiger partial charge in [0.1, 0.15) is 12.1 Å². The van der Waals surface area contributed by atoms with E-state index >= 15 is 0 Å². The van der Waals surface area contributed by atoms with Crippen LogP contribution in [0, 0.1) is 0 Å². The third kappa shape index (κ3) is 8.67. The molecule has 4 amide bonds. The third-order valence-electron chi connectivity index (χ3n) is 6.15. The van der Waals surface area contributed by atoms with Crippen LogP contribution in [0.4, 0.5) is 5.69 Å². The minimum atomic E-state index is -1.47. The van der Waals surface area contributed by atoms with E-state index in [2.05, 4.69) is 26.3 Å². The van der Waals surface area contributed by atoms with Crippen LogP contribution >= 0.6 is 0 Å². The first-order valence-electron chi connectivity index (χ1n) is 12.9. The second-order valence-corrected chi connectivity index (χ2v) is 9.31. The third-order valence-corrected chi connectivity index (χ3v) is 6.15. The summed E-state index contributed by atoms with van der Waals surface area (Å²) in [6.07, 6.45) is 2.04. The van der Waals surface area contributed by atoms with Gasteiger partial charge in [0.05, 0.1) is 19.0 Å². The summed E-state index contributed by atoms with van der Waals surface area (Å²) in [7, 11) is 0. The number of hydrogen-bond donors (Lipinski definition) is 7.